The van der Waals surface area contributed by atoms with Crippen molar-refractivity contribution in [1.82, 2.24) is 15.3 Å². The highest BCUT2D eigenvalue weighted by Crippen LogP contribution is 2.29. The van der Waals surface area contributed by atoms with Crippen molar-refractivity contribution in [3.63, 3.8) is 0 Å². The van der Waals surface area contributed by atoms with E-state index >= 15 is 0 Å². The van der Waals surface area contributed by atoms with Gasteiger partial charge in [0.05, 0.1) is 13.4 Å². The molecule has 0 radical (unpaired) electrons. The molecule has 0 bridgehead atoms. The number of methoxy groups -OCH3 is 1. The van der Waals surface area contributed by atoms with Crippen molar-refractivity contribution in [2.45, 2.75) is 25.9 Å². The molecular weight excluding hydrogens is 226 g/mol. The number of aromatic nitrogens is 2. The normalized spacial score (nSPS) is 11.5. The van der Waals surface area contributed by atoms with Gasteiger partial charge in [0.1, 0.15) is 5.75 Å². The van der Waals surface area contributed by atoms with Crippen LogP contribution in [0.2, 0.25) is 0 Å². The molecule has 1 aromatic carbocycles. The fourth-order valence-electron chi connectivity index (χ4n) is 1.95. The Morgan fingerprint density at radius 1 is 1.33 bits per heavy atom. The summed E-state index contributed by atoms with van der Waals surface area (Å²) >= 11 is 0. The Kier molecular flexibility index (Phi) is 3.67. The molecule has 0 atom stereocenters. The van der Waals surface area contributed by atoms with E-state index in [2.05, 4.69) is 35.2 Å². The minimum Gasteiger partial charge on any atom is -0.496 e. The van der Waals surface area contributed by atoms with E-state index < -0.39 is 0 Å². The molecule has 0 fully saturated rings. The van der Waals surface area contributed by atoms with Gasteiger partial charge >= 0.3 is 0 Å². The summed E-state index contributed by atoms with van der Waals surface area (Å²) in [4.78, 5) is 7.09. The quantitative estimate of drug-likeness (QED) is 0.850. The smallest absolute Gasteiger partial charge is 0.123 e. The third kappa shape index (κ3) is 2.71. The molecule has 1 aromatic heterocycles. The van der Waals surface area contributed by atoms with Crippen LogP contribution in [0.25, 0.3) is 0 Å². The summed E-state index contributed by atoms with van der Waals surface area (Å²) in [6, 6.07) is 8.07. The van der Waals surface area contributed by atoms with Crippen molar-refractivity contribution in [3.8, 4) is 5.75 Å². The Balaban J connectivity index is 2.14. The number of aromatic amines is 1. The molecule has 0 amide bonds. The first-order valence-electron chi connectivity index (χ1n) is 5.99. The zero-order valence-electron chi connectivity index (χ0n) is 11.0. The van der Waals surface area contributed by atoms with Gasteiger partial charge in [-0.1, -0.05) is 18.2 Å². The number of hydrogen-bond donors (Lipinski definition) is 2. The number of rotatable bonds is 5. The molecule has 0 saturated heterocycles. The summed E-state index contributed by atoms with van der Waals surface area (Å²) in [7, 11) is 1.70. The van der Waals surface area contributed by atoms with Crippen LogP contribution in [0.3, 0.4) is 0 Å². The molecule has 96 valence electrons. The molecule has 4 nitrogen and oxygen atoms in total. The van der Waals surface area contributed by atoms with Crippen LogP contribution in [0.4, 0.5) is 0 Å². The number of nitrogens with one attached hydrogen (secondary N) is 2. The zero-order valence-corrected chi connectivity index (χ0v) is 11.0. The predicted molar refractivity (Wildman–Crippen MR) is 71.4 cm³/mol. The Morgan fingerprint density at radius 3 is 2.78 bits per heavy atom. The fourth-order valence-corrected chi connectivity index (χ4v) is 1.95. The van der Waals surface area contributed by atoms with Crippen LogP contribution < -0.4 is 10.1 Å². The first-order chi connectivity index (χ1) is 8.63. The first kappa shape index (κ1) is 12.6. The number of H-pyrrole nitrogens is 1. The second kappa shape index (κ2) is 5.23. The summed E-state index contributed by atoms with van der Waals surface area (Å²) in [5.41, 5.74) is 2.04. The summed E-state index contributed by atoms with van der Waals surface area (Å²) < 4.78 is 5.41. The topological polar surface area (TPSA) is 49.9 Å². The monoisotopic (exact) mass is 245 g/mol. The second-order valence-electron chi connectivity index (χ2n) is 4.76. The number of ether oxygens (including phenoxy) is 1. The van der Waals surface area contributed by atoms with Gasteiger partial charge < -0.3 is 15.0 Å². The Morgan fingerprint density at radius 2 is 2.11 bits per heavy atom. The Bertz CT molecular complexity index is 492. The van der Waals surface area contributed by atoms with Gasteiger partial charge in [0.15, 0.2) is 0 Å². The van der Waals surface area contributed by atoms with E-state index in [-0.39, 0.29) is 5.54 Å². The predicted octanol–water partition coefficient (Wildman–Crippen LogP) is 2.44. The maximum absolute atomic E-state index is 5.41. The number of hydrogen-bond acceptors (Lipinski definition) is 3. The molecule has 0 aliphatic heterocycles. The van der Waals surface area contributed by atoms with E-state index in [4.69, 9.17) is 4.74 Å². The number of benzene rings is 1. The molecule has 4 heteroatoms. The summed E-state index contributed by atoms with van der Waals surface area (Å²) in [6.07, 6.45) is 3.51. The molecule has 0 aliphatic carbocycles. The van der Waals surface area contributed by atoms with Gasteiger partial charge in [-0.05, 0) is 19.9 Å². The van der Waals surface area contributed by atoms with Crippen LogP contribution >= 0.6 is 0 Å². The van der Waals surface area contributed by atoms with E-state index in [1.165, 1.54) is 0 Å². The molecule has 1 heterocycles. The van der Waals surface area contributed by atoms with Crippen molar-refractivity contribution in [2.24, 2.45) is 0 Å². The van der Waals surface area contributed by atoms with Crippen molar-refractivity contribution in [1.29, 1.82) is 0 Å². The third-order valence-corrected chi connectivity index (χ3v) is 3.06. The van der Waals surface area contributed by atoms with E-state index in [9.17, 15) is 0 Å². The molecule has 0 aliphatic rings. The van der Waals surface area contributed by atoms with Gasteiger partial charge in [0, 0.05) is 29.5 Å². The lowest BCUT2D eigenvalue weighted by Gasteiger charge is -2.28. The lowest BCUT2D eigenvalue weighted by molar-refractivity contribution is 0.357. The summed E-state index contributed by atoms with van der Waals surface area (Å²) in [5, 5.41) is 3.50. The second-order valence-corrected chi connectivity index (χ2v) is 4.76. The average molecular weight is 245 g/mol. The van der Waals surface area contributed by atoms with Crippen LogP contribution in [0.15, 0.2) is 36.8 Å². The van der Waals surface area contributed by atoms with Gasteiger partial charge in [-0.3, -0.25) is 0 Å². The van der Waals surface area contributed by atoms with Gasteiger partial charge in [-0.25, -0.2) is 4.98 Å². The molecule has 18 heavy (non-hydrogen) atoms. The van der Waals surface area contributed by atoms with E-state index in [1.807, 2.05) is 24.4 Å². The Hall–Kier alpha value is -1.81. The van der Waals surface area contributed by atoms with E-state index in [1.54, 1.807) is 13.4 Å². The highest BCUT2D eigenvalue weighted by Gasteiger charge is 2.23. The number of para-hydroxylation sites is 1. The highest BCUT2D eigenvalue weighted by molar-refractivity contribution is 5.38. The molecule has 0 saturated carbocycles. The zero-order chi connectivity index (χ0) is 13.0. The molecule has 0 unspecified atom stereocenters. The maximum Gasteiger partial charge on any atom is 0.123 e. The molecule has 2 aromatic rings. The number of nitrogens with zero attached hydrogens (tertiary/aromatic N) is 1. The van der Waals surface area contributed by atoms with Crippen molar-refractivity contribution in [3.05, 3.63) is 48.0 Å². The van der Waals surface area contributed by atoms with Gasteiger partial charge in [0.25, 0.3) is 0 Å². The first-order valence-corrected chi connectivity index (χ1v) is 5.99. The minimum absolute atomic E-state index is 0.169. The number of imidazole rings is 1. The van der Waals surface area contributed by atoms with Crippen molar-refractivity contribution in [2.75, 3.05) is 7.11 Å². The summed E-state index contributed by atoms with van der Waals surface area (Å²) in [6.45, 7) is 5.02. The molecule has 2 N–H and O–H groups in total. The van der Waals surface area contributed by atoms with Crippen molar-refractivity contribution >= 4 is 0 Å². The average Bonchev–Trinajstić information content (AvgIpc) is 2.89. The van der Waals surface area contributed by atoms with E-state index in [0.29, 0.717) is 0 Å². The molecule has 0 spiro atoms. The highest BCUT2D eigenvalue weighted by atomic mass is 16.5. The molecule has 2 rings (SSSR count). The van der Waals surface area contributed by atoms with Crippen LogP contribution in [-0.2, 0) is 12.1 Å². The Labute approximate surface area is 107 Å². The van der Waals surface area contributed by atoms with Crippen molar-refractivity contribution < 1.29 is 4.74 Å². The lowest BCUT2D eigenvalue weighted by Crippen LogP contribution is -2.36. The minimum atomic E-state index is -0.169. The SMILES string of the molecule is COc1ccccc1C(C)(C)NCc1cnc[nH]1. The fraction of sp³-hybridized carbons (Fsp3) is 0.357. The van der Waals surface area contributed by atoms with Crippen LogP contribution in [0.5, 0.6) is 5.75 Å². The van der Waals surface area contributed by atoms with E-state index in [0.717, 1.165) is 23.6 Å². The lowest BCUT2D eigenvalue weighted by atomic mass is 9.93. The van der Waals surface area contributed by atoms with Gasteiger partial charge in [-0.2, -0.15) is 0 Å². The maximum atomic E-state index is 5.41. The third-order valence-electron chi connectivity index (χ3n) is 3.06. The molecular formula is C14H19N3O. The van der Waals surface area contributed by atoms with Gasteiger partial charge in [-0.15, -0.1) is 0 Å². The standard InChI is InChI=1S/C14H19N3O/c1-14(2,17-9-11-8-15-10-16-11)12-6-4-5-7-13(12)18-3/h4-8,10,17H,9H2,1-3H3,(H,15,16). The van der Waals surface area contributed by atoms with Crippen LogP contribution in [0.1, 0.15) is 25.1 Å². The van der Waals surface area contributed by atoms with Crippen LogP contribution in [-0.4, -0.2) is 17.1 Å². The largest absolute Gasteiger partial charge is 0.496 e. The van der Waals surface area contributed by atoms with Crippen LogP contribution in [0, 0.1) is 0 Å². The van der Waals surface area contributed by atoms with Gasteiger partial charge in [0.2, 0.25) is 0 Å². The summed E-state index contributed by atoms with van der Waals surface area (Å²) in [5.74, 6) is 0.902.